The van der Waals surface area contributed by atoms with E-state index in [-0.39, 0.29) is 23.7 Å². The van der Waals surface area contributed by atoms with Crippen LogP contribution in [0.5, 0.6) is 0 Å². The minimum atomic E-state index is -1.04. The van der Waals surface area contributed by atoms with Crippen LogP contribution in [0.1, 0.15) is 79.2 Å². The van der Waals surface area contributed by atoms with Crippen molar-refractivity contribution in [2.45, 2.75) is 79.2 Å². The Hall–Kier alpha value is -1.59. The van der Waals surface area contributed by atoms with Crippen LogP contribution in [0.3, 0.4) is 0 Å². The number of carbonyl (C=O) groups is 2. The van der Waals surface area contributed by atoms with Crippen LogP contribution in [-0.2, 0) is 15.2 Å². The highest BCUT2D eigenvalue weighted by Gasteiger charge is 2.50. The maximum atomic E-state index is 13.5. The van der Waals surface area contributed by atoms with E-state index >= 15 is 0 Å². The minimum absolute atomic E-state index is 0.0323. The van der Waals surface area contributed by atoms with Crippen molar-refractivity contribution < 1.29 is 14.7 Å². The fraction of sp³-hybridized carbons (Fsp3) is 0.704. The Labute approximate surface area is 205 Å². The Morgan fingerprint density at radius 1 is 1.18 bits per heavy atom. The Bertz CT molecular complexity index is 793. The molecule has 1 saturated heterocycles. The highest BCUT2D eigenvalue weighted by Crippen LogP contribution is 2.46. The highest BCUT2D eigenvalue weighted by atomic mass is 35.5. The van der Waals surface area contributed by atoms with Crippen molar-refractivity contribution in [2.75, 3.05) is 19.6 Å². The molecule has 0 radical (unpaired) electrons. The number of hydrogen-bond donors (Lipinski definition) is 2. The lowest BCUT2D eigenvalue weighted by Crippen LogP contribution is -2.58. The topological polar surface area (TPSA) is 69.6 Å². The molecule has 33 heavy (non-hydrogen) atoms. The second-order valence-electron chi connectivity index (χ2n) is 10.7. The number of halogens is 1. The number of nitrogens with one attached hydrogen (secondary N) is 1. The third-order valence-corrected chi connectivity index (χ3v) is 7.72. The Morgan fingerprint density at radius 2 is 1.82 bits per heavy atom. The van der Waals surface area contributed by atoms with Crippen molar-refractivity contribution >= 4 is 23.4 Å². The maximum absolute atomic E-state index is 13.5. The van der Waals surface area contributed by atoms with Gasteiger partial charge in [-0.1, -0.05) is 84.5 Å². The van der Waals surface area contributed by atoms with Gasteiger partial charge in [0.05, 0.1) is 11.5 Å². The number of likely N-dealkylation sites (tertiary alicyclic amines) is 1. The quantitative estimate of drug-likeness (QED) is 0.473. The molecule has 3 atom stereocenters. The predicted molar refractivity (Wildman–Crippen MR) is 135 cm³/mol. The van der Waals surface area contributed by atoms with Crippen LogP contribution in [0.4, 0.5) is 0 Å². The molecule has 186 valence electrons. The molecule has 0 aliphatic carbocycles. The molecule has 2 N–H and O–H groups in total. The standard InChI is InChI=1S/C27H43ClN2O3/c1-7-9-20(8-2)16-24(31)29-17-23(19(3)4)25(32)30-15-14-27(33,26(5,6)18-30)21-10-12-22(28)13-11-21/h10-13,19-20,23,33H,7-9,14-18H2,1-6H3,(H,29,31)/t20?,23-,27+/m1/s1. The zero-order valence-corrected chi connectivity index (χ0v) is 22.0. The molecule has 2 rings (SSSR count). The molecule has 5 nitrogen and oxygen atoms in total. The Morgan fingerprint density at radius 3 is 2.33 bits per heavy atom. The van der Waals surface area contributed by atoms with E-state index < -0.39 is 11.0 Å². The third-order valence-electron chi connectivity index (χ3n) is 7.47. The van der Waals surface area contributed by atoms with Crippen LogP contribution in [0, 0.1) is 23.2 Å². The zero-order chi connectivity index (χ0) is 24.8. The second kappa shape index (κ2) is 11.7. The van der Waals surface area contributed by atoms with Gasteiger partial charge in [0.2, 0.25) is 11.8 Å². The lowest BCUT2D eigenvalue weighted by atomic mass is 9.66. The molecule has 1 unspecified atom stereocenters. The van der Waals surface area contributed by atoms with Crippen LogP contribution >= 0.6 is 11.6 Å². The number of piperidine rings is 1. The number of hydrogen-bond acceptors (Lipinski definition) is 3. The smallest absolute Gasteiger partial charge is 0.227 e. The van der Waals surface area contributed by atoms with Crippen LogP contribution in [-0.4, -0.2) is 41.5 Å². The zero-order valence-electron chi connectivity index (χ0n) is 21.3. The third kappa shape index (κ3) is 6.73. The number of rotatable bonds is 10. The molecule has 0 spiro atoms. The summed E-state index contributed by atoms with van der Waals surface area (Å²) in [5.41, 5.74) is -0.743. The number of aliphatic hydroxyl groups is 1. The maximum Gasteiger partial charge on any atom is 0.227 e. The van der Waals surface area contributed by atoms with Gasteiger partial charge in [0, 0.05) is 36.5 Å². The first kappa shape index (κ1) is 27.7. The van der Waals surface area contributed by atoms with Crippen molar-refractivity contribution in [1.29, 1.82) is 0 Å². The number of carbonyl (C=O) groups excluding carboxylic acids is 2. The van der Waals surface area contributed by atoms with Crippen molar-refractivity contribution in [3.05, 3.63) is 34.9 Å². The van der Waals surface area contributed by atoms with Crippen molar-refractivity contribution in [3.8, 4) is 0 Å². The summed E-state index contributed by atoms with van der Waals surface area (Å²) in [4.78, 5) is 27.9. The van der Waals surface area contributed by atoms with Gasteiger partial charge in [-0.3, -0.25) is 9.59 Å². The first-order valence-electron chi connectivity index (χ1n) is 12.5. The summed E-state index contributed by atoms with van der Waals surface area (Å²) in [6, 6.07) is 7.33. The van der Waals surface area contributed by atoms with Gasteiger partial charge in [-0.2, -0.15) is 0 Å². The molecule has 0 saturated carbocycles. The second-order valence-corrected chi connectivity index (χ2v) is 11.1. The first-order valence-corrected chi connectivity index (χ1v) is 12.9. The molecule has 6 heteroatoms. The first-order chi connectivity index (χ1) is 15.4. The summed E-state index contributed by atoms with van der Waals surface area (Å²) in [7, 11) is 0. The van der Waals surface area contributed by atoms with Gasteiger partial charge in [0.1, 0.15) is 0 Å². The fourth-order valence-electron chi connectivity index (χ4n) is 5.03. The number of benzene rings is 1. The largest absolute Gasteiger partial charge is 0.384 e. The van der Waals surface area contributed by atoms with Crippen LogP contribution < -0.4 is 5.32 Å². The van der Waals surface area contributed by atoms with E-state index in [9.17, 15) is 14.7 Å². The number of nitrogens with zero attached hydrogens (tertiary/aromatic N) is 1. The number of amides is 2. The van der Waals surface area contributed by atoms with E-state index in [4.69, 9.17) is 11.6 Å². The lowest BCUT2D eigenvalue weighted by molar-refractivity contribution is -0.157. The van der Waals surface area contributed by atoms with Crippen molar-refractivity contribution in [2.24, 2.45) is 23.2 Å². The van der Waals surface area contributed by atoms with Crippen molar-refractivity contribution in [3.63, 3.8) is 0 Å². The van der Waals surface area contributed by atoms with E-state index in [0.29, 0.717) is 43.4 Å². The monoisotopic (exact) mass is 478 g/mol. The molecule has 1 aromatic carbocycles. The van der Waals surface area contributed by atoms with Gasteiger partial charge in [0.25, 0.3) is 0 Å². The minimum Gasteiger partial charge on any atom is -0.384 e. The molecular weight excluding hydrogens is 436 g/mol. The summed E-state index contributed by atoms with van der Waals surface area (Å²) in [5.74, 6) is 0.312. The summed E-state index contributed by atoms with van der Waals surface area (Å²) < 4.78 is 0. The highest BCUT2D eigenvalue weighted by molar-refractivity contribution is 6.30. The molecule has 1 aliphatic rings. The van der Waals surface area contributed by atoms with Gasteiger partial charge in [-0.15, -0.1) is 0 Å². The normalized spacial score (nSPS) is 22.2. The average molecular weight is 479 g/mol. The Balaban J connectivity index is 2.06. The van der Waals surface area contributed by atoms with E-state index in [1.165, 1.54) is 0 Å². The Kier molecular flexibility index (Phi) is 9.81. The summed E-state index contributed by atoms with van der Waals surface area (Å²) in [6.07, 6.45) is 4.10. The molecule has 2 amide bonds. The van der Waals surface area contributed by atoms with Crippen LogP contribution in [0.15, 0.2) is 24.3 Å². The SMILES string of the molecule is CCCC(CC)CC(=O)NC[C@@H](C(=O)N1CC[C@](O)(c2ccc(Cl)cc2)C(C)(C)C1)C(C)C. The lowest BCUT2D eigenvalue weighted by Gasteiger charge is -2.51. The molecule has 1 aromatic rings. The summed E-state index contributed by atoms with van der Waals surface area (Å²) in [5, 5.41) is 15.3. The molecular formula is C27H43ClN2O3. The van der Waals surface area contributed by atoms with Crippen molar-refractivity contribution in [1.82, 2.24) is 10.2 Å². The van der Waals surface area contributed by atoms with Gasteiger partial charge < -0.3 is 15.3 Å². The molecule has 1 heterocycles. The van der Waals surface area contributed by atoms with E-state index in [1.54, 1.807) is 12.1 Å². The van der Waals surface area contributed by atoms with Gasteiger partial charge in [0.15, 0.2) is 0 Å². The molecule has 0 bridgehead atoms. The van der Waals surface area contributed by atoms with E-state index in [1.807, 2.05) is 44.7 Å². The predicted octanol–water partition coefficient (Wildman–Crippen LogP) is 5.39. The van der Waals surface area contributed by atoms with E-state index in [2.05, 4.69) is 19.2 Å². The van der Waals surface area contributed by atoms with Crippen LogP contribution in [0.2, 0.25) is 5.02 Å². The van der Waals surface area contributed by atoms with Crippen LogP contribution in [0.25, 0.3) is 0 Å². The average Bonchev–Trinajstić information content (AvgIpc) is 2.75. The molecule has 1 aliphatic heterocycles. The van der Waals surface area contributed by atoms with Gasteiger partial charge >= 0.3 is 0 Å². The van der Waals surface area contributed by atoms with E-state index in [0.717, 1.165) is 24.8 Å². The van der Waals surface area contributed by atoms with Gasteiger partial charge in [-0.05, 0) is 36.0 Å². The summed E-state index contributed by atoms with van der Waals surface area (Å²) in [6.45, 7) is 13.6. The molecule has 1 fully saturated rings. The molecule has 0 aromatic heterocycles. The van der Waals surface area contributed by atoms with Gasteiger partial charge in [-0.25, -0.2) is 0 Å². The fourth-order valence-corrected chi connectivity index (χ4v) is 5.16. The summed E-state index contributed by atoms with van der Waals surface area (Å²) >= 11 is 6.04.